The first-order valence-corrected chi connectivity index (χ1v) is 8.54. The summed E-state index contributed by atoms with van der Waals surface area (Å²) in [6.45, 7) is 14.6. The van der Waals surface area contributed by atoms with Crippen LogP contribution in [-0.2, 0) is 4.74 Å². The van der Waals surface area contributed by atoms with Gasteiger partial charge in [0.15, 0.2) is 0 Å². The lowest BCUT2D eigenvalue weighted by Gasteiger charge is -2.53. The van der Waals surface area contributed by atoms with Crippen LogP contribution >= 0.6 is 0 Å². The van der Waals surface area contributed by atoms with Gasteiger partial charge in [-0.15, -0.1) is 0 Å². The molecular weight excluding hydrogens is 262 g/mol. The molecule has 1 aliphatic carbocycles. The molecule has 124 valence electrons. The van der Waals surface area contributed by atoms with Gasteiger partial charge in [-0.2, -0.15) is 0 Å². The second-order valence-corrected chi connectivity index (χ2v) is 8.13. The number of hydrogen-bond acceptors (Lipinski definition) is 4. The first-order chi connectivity index (χ1) is 9.80. The topological polar surface area (TPSA) is 27.7 Å². The number of ether oxygens (including phenoxy) is 1. The van der Waals surface area contributed by atoms with Crippen molar-refractivity contribution >= 4 is 0 Å². The molecule has 0 spiro atoms. The Kier molecular flexibility index (Phi) is 5.69. The normalized spacial score (nSPS) is 34.1. The van der Waals surface area contributed by atoms with Crippen LogP contribution in [0.3, 0.4) is 0 Å². The number of hydrogen-bond donors (Lipinski definition) is 1. The van der Waals surface area contributed by atoms with Gasteiger partial charge in [0.2, 0.25) is 0 Å². The van der Waals surface area contributed by atoms with E-state index >= 15 is 0 Å². The quantitative estimate of drug-likeness (QED) is 0.807. The Morgan fingerprint density at radius 3 is 2.57 bits per heavy atom. The molecule has 1 aliphatic heterocycles. The smallest absolute Gasteiger partial charge is 0.0656 e. The van der Waals surface area contributed by atoms with E-state index in [1.54, 1.807) is 0 Å². The zero-order valence-corrected chi connectivity index (χ0v) is 14.9. The molecule has 1 heterocycles. The fourth-order valence-corrected chi connectivity index (χ4v) is 3.42. The Morgan fingerprint density at radius 1 is 1.24 bits per heavy atom. The highest BCUT2D eigenvalue weighted by Gasteiger charge is 2.48. The molecule has 0 radical (unpaired) electrons. The van der Waals surface area contributed by atoms with Crippen LogP contribution in [0.1, 0.15) is 34.1 Å². The molecule has 2 fully saturated rings. The fourth-order valence-electron chi connectivity index (χ4n) is 3.42. The summed E-state index contributed by atoms with van der Waals surface area (Å²) in [5.41, 5.74) is 0.258. The average molecular weight is 297 g/mol. The molecule has 1 N–H and O–H groups in total. The minimum Gasteiger partial charge on any atom is -0.377 e. The van der Waals surface area contributed by atoms with E-state index < -0.39 is 0 Å². The highest BCUT2D eigenvalue weighted by molar-refractivity contribution is 5.03. The van der Waals surface area contributed by atoms with Crippen molar-refractivity contribution in [2.24, 2.45) is 11.3 Å². The molecule has 3 unspecified atom stereocenters. The summed E-state index contributed by atoms with van der Waals surface area (Å²) in [6, 6.07) is 1.23. The molecule has 3 atom stereocenters. The van der Waals surface area contributed by atoms with Crippen molar-refractivity contribution in [3.8, 4) is 0 Å². The molecule has 0 bridgehead atoms. The second kappa shape index (κ2) is 6.95. The summed E-state index contributed by atoms with van der Waals surface area (Å²) >= 11 is 0. The summed E-state index contributed by atoms with van der Waals surface area (Å²) in [5, 5.41) is 3.80. The third kappa shape index (κ3) is 4.19. The first-order valence-electron chi connectivity index (χ1n) is 8.54. The van der Waals surface area contributed by atoms with Crippen LogP contribution in [0.15, 0.2) is 0 Å². The van der Waals surface area contributed by atoms with E-state index in [1.165, 1.54) is 19.6 Å². The molecule has 0 aromatic carbocycles. The van der Waals surface area contributed by atoms with Crippen LogP contribution < -0.4 is 5.32 Å². The van der Waals surface area contributed by atoms with E-state index in [0.717, 1.165) is 19.6 Å². The first kappa shape index (κ1) is 17.2. The highest BCUT2D eigenvalue weighted by atomic mass is 16.5. The zero-order chi connectivity index (χ0) is 15.6. The van der Waals surface area contributed by atoms with Gasteiger partial charge in [-0.25, -0.2) is 0 Å². The summed E-state index contributed by atoms with van der Waals surface area (Å²) in [5.74, 6) is 0.624. The Morgan fingerprint density at radius 2 is 1.95 bits per heavy atom. The highest BCUT2D eigenvalue weighted by Crippen LogP contribution is 2.42. The van der Waals surface area contributed by atoms with Crippen LogP contribution in [0.2, 0.25) is 0 Å². The molecule has 0 amide bonds. The van der Waals surface area contributed by atoms with Gasteiger partial charge >= 0.3 is 0 Å². The van der Waals surface area contributed by atoms with Gasteiger partial charge in [0.05, 0.1) is 6.10 Å². The standard InChI is InChI=1S/C17H35N3O/c1-13(2)12-21-16-9-15(17(16,3)4)18-10-14-11-19(5)7-8-20(14)6/h13-16,18H,7-12H2,1-6H3. The molecule has 4 heteroatoms. The number of piperazine rings is 1. The van der Waals surface area contributed by atoms with Gasteiger partial charge in [0.25, 0.3) is 0 Å². The van der Waals surface area contributed by atoms with E-state index in [-0.39, 0.29) is 5.41 Å². The average Bonchev–Trinajstić information content (AvgIpc) is 2.40. The van der Waals surface area contributed by atoms with E-state index in [2.05, 4.69) is 56.9 Å². The van der Waals surface area contributed by atoms with Crippen molar-refractivity contribution in [3.05, 3.63) is 0 Å². The zero-order valence-electron chi connectivity index (χ0n) is 14.9. The predicted octanol–water partition coefficient (Wildman–Crippen LogP) is 1.66. The Balaban J connectivity index is 1.74. The maximum atomic E-state index is 6.06. The van der Waals surface area contributed by atoms with Crippen molar-refractivity contribution in [3.63, 3.8) is 0 Å². The number of nitrogens with zero attached hydrogens (tertiary/aromatic N) is 2. The summed E-state index contributed by atoms with van der Waals surface area (Å²) in [7, 11) is 4.48. The minimum absolute atomic E-state index is 0.258. The molecule has 0 aromatic heterocycles. The van der Waals surface area contributed by atoms with E-state index in [1.807, 2.05) is 0 Å². The molecule has 2 aliphatic rings. The molecule has 4 nitrogen and oxygen atoms in total. The largest absolute Gasteiger partial charge is 0.377 e. The third-order valence-electron chi connectivity index (χ3n) is 5.39. The Labute approximate surface area is 131 Å². The molecule has 1 saturated carbocycles. The number of likely N-dealkylation sites (N-methyl/N-ethyl adjacent to an activating group) is 2. The molecule has 0 aromatic rings. The summed E-state index contributed by atoms with van der Waals surface area (Å²) < 4.78 is 6.06. The van der Waals surface area contributed by atoms with Crippen LogP contribution in [0.4, 0.5) is 0 Å². The van der Waals surface area contributed by atoms with Crippen molar-refractivity contribution in [1.82, 2.24) is 15.1 Å². The van der Waals surface area contributed by atoms with Crippen LogP contribution in [0.25, 0.3) is 0 Å². The van der Waals surface area contributed by atoms with Gasteiger partial charge in [0, 0.05) is 50.3 Å². The lowest BCUT2D eigenvalue weighted by molar-refractivity contribution is -0.124. The minimum atomic E-state index is 0.258. The number of rotatable bonds is 6. The van der Waals surface area contributed by atoms with E-state index in [4.69, 9.17) is 4.74 Å². The lowest BCUT2D eigenvalue weighted by Crippen LogP contribution is -2.63. The SMILES string of the molecule is CC(C)COC1CC(NCC2CN(C)CCN2C)C1(C)C. The van der Waals surface area contributed by atoms with Crippen molar-refractivity contribution in [1.29, 1.82) is 0 Å². The molecular formula is C17H35N3O. The van der Waals surface area contributed by atoms with Gasteiger partial charge in [-0.3, -0.25) is 4.90 Å². The van der Waals surface area contributed by atoms with E-state index in [9.17, 15) is 0 Å². The molecule has 1 saturated heterocycles. The van der Waals surface area contributed by atoms with Gasteiger partial charge in [-0.05, 0) is 26.4 Å². The van der Waals surface area contributed by atoms with Crippen molar-refractivity contribution < 1.29 is 4.74 Å². The van der Waals surface area contributed by atoms with Gasteiger partial charge < -0.3 is 15.0 Å². The molecule has 21 heavy (non-hydrogen) atoms. The molecule has 2 rings (SSSR count). The number of nitrogens with one attached hydrogen (secondary N) is 1. The summed E-state index contributed by atoms with van der Waals surface area (Å²) in [4.78, 5) is 4.93. The van der Waals surface area contributed by atoms with Crippen LogP contribution in [0, 0.1) is 11.3 Å². The maximum Gasteiger partial charge on any atom is 0.0656 e. The Hall–Kier alpha value is -0.160. The van der Waals surface area contributed by atoms with Crippen LogP contribution in [0.5, 0.6) is 0 Å². The van der Waals surface area contributed by atoms with Gasteiger partial charge in [0.1, 0.15) is 0 Å². The predicted molar refractivity (Wildman–Crippen MR) is 88.7 cm³/mol. The van der Waals surface area contributed by atoms with Crippen LogP contribution in [-0.4, -0.2) is 74.9 Å². The Bertz CT molecular complexity index is 332. The van der Waals surface area contributed by atoms with Crippen molar-refractivity contribution in [2.45, 2.75) is 52.3 Å². The van der Waals surface area contributed by atoms with Gasteiger partial charge in [-0.1, -0.05) is 27.7 Å². The monoisotopic (exact) mass is 297 g/mol. The lowest BCUT2D eigenvalue weighted by atomic mass is 9.64. The third-order valence-corrected chi connectivity index (χ3v) is 5.39. The van der Waals surface area contributed by atoms with Crippen molar-refractivity contribution in [2.75, 3.05) is 46.9 Å². The van der Waals surface area contributed by atoms with E-state index in [0.29, 0.717) is 24.1 Å². The summed E-state index contributed by atoms with van der Waals surface area (Å²) in [6.07, 6.45) is 1.58. The second-order valence-electron chi connectivity index (χ2n) is 8.13. The fraction of sp³-hybridized carbons (Fsp3) is 1.00. The maximum absolute atomic E-state index is 6.06.